The number of carbonyl (C=O) groups excluding carboxylic acids is 1. The van der Waals surface area contributed by atoms with Gasteiger partial charge in [0, 0.05) is 18.7 Å². The summed E-state index contributed by atoms with van der Waals surface area (Å²) >= 11 is 0. The Kier molecular flexibility index (Phi) is 6.12. The molecule has 0 unspecified atom stereocenters. The van der Waals surface area contributed by atoms with Gasteiger partial charge in [0.15, 0.2) is 11.2 Å². The van der Waals surface area contributed by atoms with E-state index in [0.717, 1.165) is 0 Å². The summed E-state index contributed by atoms with van der Waals surface area (Å²) in [5.74, 6) is -0.0281. The lowest BCUT2D eigenvalue weighted by atomic mass is 10.1. The molecule has 1 aliphatic heterocycles. The summed E-state index contributed by atoms with van der Waals surface area (Å²) in [5, 5.41) is 2.84. The van der Waals surface area contributed by atoms with E-state index in [0.29, 0.717) is 32.0 Å². The van der Waals surface area contributed by atoms with Crippen molar-refractivity contribution in [2.45, 2.75) is 39.3 Å². The predicted molar refractivity (Wildman–Crippen MR) is 85.6 cm³/mol. The van der Waals surface area contributed by atoms with Gasteiger partial charge in [-0.25, -0.2) is 0 Å². The Bertz CT molecular complexity index is 630. The van der Waals surface area contributed by atoms with Gasteiger partial charge in [-0.05, 0) is 27.2 Å². The number of aryl methyl sites for hydroxylation is 1. The van der Waals surface area contributed by atoms with Crippen LogP contribution in [0.25, 0.3) is 0 Å². The number of allylic oxidation sites excluding steroid dienone is 1. The van der Waals surface area contributed by atoms with Crippen LogP contribution in [0.1, 0.15) is 36.6 Å². The van der Waals surface area contributed by atoms with E-state index < -0.39 is 5.91 Å². The van der Waals surface area contributed by atoms with Crippen LogP contribution in [0.5, 0.6) is 0 Å². The van der Waals surface area contributed by atoms with E-state index >= 15 is 0 Å². The van der Waals surface area contributed by atoms with E-state index in [1.807, 2.05) is 19.9 Å². The van der Waals surface area contributed by atoms with Gasteiger partial charge in [0.2, 0.25) is 0 Å². The third-order valence-corrected chi connectivity index (χ3v) is 3.52. The normalized spacial score (nSPS) is 20.8. The smallest absolute Gasteiger partial charge is 0.287 e. The largest absolute Gasteiger partial charge is 0.456 e. The molecule has 2 rings (SSSR count). The molecule has 1 aliphatic rings. The second kappa shape index (κ2) is 8.08. The first-order valence-electron chi connectivity index (χ1n) is 7.71. The quantitative estimate of drug-likeness (QED) is 0.837. The molecule has 1 amide bonds. The van der Waals surface area contributed by atoms with Crippen molar-refractivity contribution in [2.24, 2.45) is 0 Å². The highest BCUT2D eigenvalue weighted by Crippen LogP contribution is 2.13. The monoisotopic (exact) mass is 321 g/mol. The van der Waals surface area contributed by atoms with Crippen molar-refractivity contribution in [3.8, 4) is 0 Å². The Labute approximate surface area is 135 Å². The standard InChI is InChI=1S/C17H23NO5/c1-11(2)4-7-22-15-5-6-21-10-14(15)18-17(20)16-9-13(19)8-12(3)23-16/h4,8-9,14-15H,5-7,10H2,1-3H3,(H,18,20)/t14-,15+/m0/s1. The first kappa shape index (κ1) is 17.4. The van der Waals surface area contributed by atoms with Crippen LogP contribution in [0.3, 0.4) is 0 Å². The zero-order valence-electron chi connectivity index (χ0n) is 13.8. The van der Waals surface area contributed by atoms with Gasteiger partial charge >= 0.3 is 0 Å². The number of carbonyl (C=O) groups is 1. The van der Waals surface area contributed by atoms with Crippen LogP contribution in [-0.2, 0) is 9.47 Å². The van der Waals surface area contributed by atoms with Gasteiger partial charge < -0.3 is 19.2 Å². The number of hydrogen-bond donors (Lipinski definition) is 1. The summed E-state index contributed by atoms with van der Waals surface area (Å²) in [6.07, 6.45) is 2.58. The number of ether oxygens (including phenoxy) is 2. The molecule has 6 nitrogen and oxygen atoms in total. The van der Waals surface area contributed by atoms with Crippen molar-refractivity contribution in [1.29, 1.82) is 0 Å². The molecule has 0 radical (unpaired) electrons. The average Bonchev–Trinajstić information content (AvgIpc) is 2.47. The molecule has 0 saturated carbocycles. The maximum absolute atomic E-state index is 12.3. The molecule has 2 heterocycles. The fraction of sp³-hybridized carbons (Fsp3) is 0.529. The van der Waals surface area contributed by atoms with Gasteiger partial charge in [0.25, 0.3) is 5.91 Å². The molecule has 0 spiro atoms. The van der Waals surface area contributed by atoms with Crippen molar-refractivity contribution >= 4 is 5.91 Å². The van der Waals surface area contributed by atoms with Crippen molar-refractivity contribution in [3.63, 3.8) is 0 Å². The van der Waals surface area contributed by atoms with E-state index in [9.17, 15) is 9.59 Å². The predicted octanol–water partition coefficient (Wildman–Crippen LogP) is 1.82. The molecule has 0 aromatic carbocycles. The van der Waals surface area contributed by atoms with E-state index in [-0.39, 0.29) is 23.3 Å². The zero-order valence-corrected chi connectivity index (χ0v) is 13.8. The van der Waals surface area contributed by atoms with Gasteiger partial charge in [-0.1, -0.05) is 11.6 Å². The molecular weight excluding hydrogens is 298 g/mol. The molecule has 1 fully saturated rings. The highest BCUT2D eigenvalue weighted by molar-refractivity contribution is 5.91. The van der Waals surface area contributed by atoms with Crippen molar-refractivity contribution < 1.29 is 18.7 Å². The van der Waals surface area contributed by atoms with E-state index in [1.165, 1.54) is 17.7 Å². The maximum atomic E-state index is 12.3. The van der Waals surface area contributed by atoms with Crippen LogP contribution in [0.4, 0.5) is 0 Å². The summed E-state index contributed by atoms with van der Waals surface area (Å²) in [4.78, 5) is 23.8. The van der Waals surface area contributed by atoms with Crippen LogP contribution in [0.2, 0.25) is 0 Å². The van der Waals surface area contributed by atoms with Crippen molar-refractivity contribution in [3.05, 3.63) is 45.5 Å². The van der Waals surface area contributed by atoms with Gasteiger partial charge in [-0.2, -0.15) is 0 Å². The second-order valence-electron chi connectivity index (χ2n) is 5.86. The highest BCUT2D eigenvalue weighted by atomic mass is 16.5. The third-order valence-electron chi connectivity index (χ3n) is 3.52. The van der Waals surface area contributed by atoms with Crippen LogP contribution >= 0.6 is 0 Å². The summed E-state index contributed by atoms with van der Waals surface area (Å²) in [6.45, 7) is 7.12. The minimum absolute atomic E-state index is 0.00335. The molecule has 0 bridgehead atoms. The van der Waals surface area contributed by atoms with E-state index in [4.69, 9.17) is 13.9 Å². The Morgan fingerprint density at radius 3 is 2.91 bits per heavy atom. The molecule has 0 aliphatic carbocycles. The lowest BCUT2D eigenvalue weighted by Crippen LogP contribution is -2.50. The molecule has 1 saturated heterocycles. The topological polar surface area (TPSA) is 77.8 Å². The molecule has 23 heavy (non-hydrogen) atoms. The average molecular weight is 321 g/mol. The Morgan fingerprint density at radius 2 is 2.22 bits per heavy atom. The summed E-state index contributed by atoms with van der Waals surface area (Å²) in [7, 11) is 0. The van der Waals surface area contributed by atoms with Crippen LogP contribution in [0, 0.1) is 6.92 Å². The first-order valence-corrected chi connectivity index (χ1v) is 7.71. The van der Waals surface area contributed by atoms with Crippen molar-refractivity contribution in [1.82, 2.24) is 5.32 Å². The molecule has 1 aromatic heterocycles. The Hall–Kier alpha value is -1.92. The molecule has 126 valence electrons. The van der Waals surface area contributed by atoms with Gasteiger partial charge in [0.05, 0.1) is 25.4 Å². The molecule has 1 N–H and O–H groups in total. The third kappa shape index (κ3) is 5.33. The fourth-order valence-corrected chi connectivity index (χ4v) is 2.35. The minimum atomic E-state index is -0.433. The summed E-state index contributed by atoms with van der Waals surface area (Å²) in [5.41, 5.74) is 0.925. The number of hydrogen-bond acceptors (Lipinski definition) is 5. The Balaban J connectivity index is 2.01. The zero-order chi connectivity index (χ0) is 16.8. The highest BCUT2D eigenvalue weighted by Gasteiger charge is 2.28. The van der Waals surface area contributed by atoms with Gasteiger partial charge in [-0.3, -0.25) is 9.59 Å². The SMILES string of the molecule is CC(C)=CCO[C@@H]1CCOC[C@@H]1NC(=O)c1cc(=O)cc(C)o1. The lowest BCUT2D eigenvalue weighted by Gasteiger charge is -2.31. The fourth-order valence-electron chi connectivity index (χ4n) is 2.35. The number of amides is 1. The molecule has 2 atom stereocenters. The Morgan fingerprint density at radius 1 is 1.43 bits per heavy atom. The first-order chi connectivity index (χ1) is 11.0. The van der Waals surface area contributed by atoms with Crippen LogP contribution in [0.15, 0.2) is 33.0 Å². The maximum Gasteiger partial charge on any atom is 0.287 e. The van der Waals surface area contributed by atoms with E-state index in [1.54, 1.807) is 6.92 Å². The van der Waals surface area contributed by atoms with Crippen LogP contribution < -0.4 is 10.7 Å². The van der Waals surface area contributed by atoms with Gasteiger partial charge in [0.1, 0.15) is 5.76 Å². The summed E-state index contributed by atoms with van der Waals surface area (Å²) in [6, 6.07) is 2.25. The van der Waals surface area contributed by atoms with Crippen molar-refractivity contribution in [2.75, 3.05) is 19.8 Å². The lowest BCUT2D eigenvalue weighted by molar-refractivity contribution is -0.0459. The van der Waals surface area contributed by atoms with Gasteiger partial charge in [-0.15, -0.1) is 0 Å². The van der Waals surface area contributed by atoms with E-state index in [2.05, 4.69) is 5.32 Å². The minimum Gasteiger partial charge on any atom is -0.456 e. The molecule has 1 aromatic rings. The molecule has 6 heteroatoms. The number of nitrogens with one attached hydrogen (secondary N) is 1. The molecular formula is C17H23NO5. The van der Waals surface area contributed by atoms with Crippen LogP contribution in [-0.4, -0.2) is 37.9 Å². The second-order valence-corrected chi connectivity index (χ2v) is 5.86. The number of rotatable bonds is 5. The summed E-state index contributed by atoms with van der Waals surface area (Å²) < 4.78 is 16.6.